The summed E-state index contributed by atoms with van der Waals surface area (Å²) < 4.78 is 3.90. The highest BCUT2D eigenvalue weighted by molar-refractivity contribution is 5.39. The van der Waals surface area contributed by atoms with E-state index in [1.165, 1.54) is 0 Å². The van der Waals surface area contributed by atoms with Gasteiger partial charge in [-0.2, -0.15) is 0 Å². The molecule has 0 unspecified atom stereocenters. The average Bonchev–Trinajstić information content (AvgIpc) is 2.94. The molecule has 0 aliphatic rings. The standard InChI is InChI=1S/C12H12N4O/c17-8-11-6-15(9-13-11)5-10-7-16-4-2-1-3-12(16)14-10/h1-4,6-7,9,17H,5,8H2. The topological polar surface area (TPSA) is 55.4 Å². The second kappa shape index (κ2) is 4.03. The van der Waals surface area contributed by atoms with Gasteiger partial charge in [-0.05, 0) is 12.1 Å². The predicted molar refractivity (Wildman–Crippen MR) is 62.4 cm³/mol. The van der Waals surface area contributed by atoms with E-state index < -0.39 is 0 Å². The number of rotatable bonds is 3. The lowest BCUT2D eigenvalue weighted by Gasteiger charge is -1.96. The molecule has 3 aromatic rings. The van der Waals surface area contributed by atoms with Gasteiger partial charge in [0.25, 0.3) is 0 Å². The maximum Gasteiger partial charge on any atom is 0.137 e. The van der Waals surface area contributed by atoms with Crippen molar-refractivity contribution in [1.82, 2.24) is 18.9 Å². The summed E-state index contributed by atoms with van der Waals surface area (Å²) in [5.74, 6) is 0. The molecule has 0 aromatic carbocycles. The van der Waals surface area contributed by atoms with Crippen LogP contribution in [0.5, 0.6) is 0 Å². The summed E-state index contributed by atoms with van der Waals surface area (Å²) in [4.78, 5) is 8.56. The van der Waals surface area contributed by atoms with Crippen molar-refractivity contribution in [3.63, 3.8) is 0 Å². The molecule has 86 valence electrons. The van der Waals surface area contributed by atoms with Crippen molar-refractivity contribution in [3.8, 4) is 0 Å². The van der Waals surface area contributed by atoms with E-state index in [2.05, 4.69) is 9.97 Å². The molecule has 3 heterocycles. The van der Waals surface area contributed by atoms with Gasteiger partial charge in [0.05, 0.1) is 30.9 Å². The molecule has 0 aliphatic carbocycles. The minimum Gasteiger partial charge on any atom is -0.390 e. The summed E-state index contributed by atoms with van der Waals surface area (Å²) in [5.41, 5.74) is 2.58. The molecule has 17 heavy (non-hydrogen) atoms. The zero-order chi connectivity index (χ0) is 11.7. The molecule has 0 spiro atoms. The third-order valence-electron chi connectivity index (χ3n) is 2.61. The van der Waals surface area contributed by atoms with E-state index >= 15 is 0 Å². The fourth-order valence-electron chi connectivity index (χ4n) is 1.82. The second-order valence-corrected chi connectivity index (χ2v) is 3.89. The Hall–Kier alpha value is -2.14. The molecule has 3 aromatic heterocycles. The first kappa shape index (κ1) is 10.0. The van der Waals surface area contributed by atoms with Crippen LogP contribution < -0.4 is 0 Å². The van der Waals surface area contributed by atoms with E-state index in [1.54, 1.807) is 6.33 Å². The summed E-state index contributed by atoms with van der Waals surface area (Å²) in [5, 5.41) is 8.94. The number of pyridine rings is 1. The van der Waals surface area contributed by atoms with Crippen LogP contribution in [0.15, 0.2) is 43.1 Å². The van der Waals surface area contributed by atoms with Crippen molar-refractivity contribution in [2.75, 3.05) is 0 Å². The summed E-state index contributed by atoms with van der Waals surface area (Å²) in [6.45, 7) is 0.632. The van der Waals surface area contributed by atoms with Crippen molar-refractivity contribution < 1.29 is 5.11 Å². The average molecular weight is 228 g/mol. The van der Waals surface area contributed by atoms with Crippen LogP contribution in [0.2, 0.25) is 0 Å². The highest BCUT2D eigenvalue weighted by Crippen LogP contribution is 2.07. The number of nitrogens with zero attached hydrogens (tertiary/aromatic N) is 4. The summed E-state index contributed by atoms with van der Waals surface area (Å²) >= 11 is 0. The molecule has 3 rings (SSSR count). The second-order valence-electron chi connectivity index (χ2n) is 3.89. The van der Waals surface area contributed by atoms with Crippen LogP contribution in [0.3, 0.4) is 0 Å². The molecule has 0 aliphatic heterocycles. The molecular weight excluding hydrogens is 216 g/mol. The molecule has 0 saturated carbocycles. The first-order valence-corrected chi connectivity index (χ1v) is 5.39. The predicted octanol–water partition coefficient (Wildman–Crippen LogP) is 1.07. The Balaban J connectivity index is 1.89. The van der Waals surface area contributed by atoms with Gasteiger partial charge < -0.3 is 14.1 Å². The van der Waals surface area contributed by atoms with E-state index in [0.717, 1.165) is 11.3 Å². The van der Waals surface area contributed by atoms with Crippen LogP contribution >= 0.6 is 0 Å². The Morgan fingerprint density at radius 2 is 2.12 bits per heavy atom. The first-order valence-electron chi connectivity index (χ1n) is 5.39. The maximum atomic E-state index is 8.94. The van der Waals surface area contributed by atoms with E-state index in [1.807, 2.05) is 45.8 Å². The summed E-state index contributed by atoms with van der Waals surface area (Å²) in [6.07, 6.45) is 7.49. The van der Waals surface area contributed by atoms with Crippen molar-refractivity contribution in [3.05, 3.63) is 54.5 Å². The third kappa shape index (κ3) is 1.92. The largest absolute Gasteiger partial charge is 0.390 e. The zero-order valence-corrected chi connectivity index (χ0v) is 9.19. The number of aromatic nitrogens is 4. The molecule has 1 N–H and O–H groups in total. The third-order valence-corrected chi connectivity index (χ3v) is 2.61. The number of aliphatic hydroxyl groups is 1. The van der Waals surface area contributed by atoms with Crippen LogP contribution in [-0.4, -0.2) is 24.0 Å². The molecular formula is C12H12N4O. The molecule has 0 fully saturated rings. The van der Waals surface area contributed by atoms with Gasteiger partial charge in [0.15, 0.2) is 0 Å². The monoisotopic (exact) mass is 228 g/mol. The van der Waals surface area contributed by atoms with Gasteiger partial charge in [-0.1, -0.05) is 6.07 Å². The Morgan fingerprint density at radius 3 is 2.88 bits per heavy atom. The number of imidazole rings is 2. The molecule has 0 saturated heterocycles. The minimum atomic E-state index is -0.0296. The van der Waals surface area contributed by atoms with Gasteiger partial charge in [0, 0.05) is 18.6 Å². The summed E-state index contributed by atoms with van der Waals surface area (Å²) in [6, 6.07) is 5.91. The van der Waals surface area contributed by atoms with E-state index in [0.29, 0.717) is 12.2 Å². The number of fused-ring (bicyclic) bond motifs is 1. The van der Waals surface area contributed by atoms with E-state index in [-0.39, 0.29) is 6.61 Å². The van der Waals surface area contributed by atoms with Gasteiger partial charge in [-0.3, -0.25) is 0 Å². The van der Waals surface area contributed by atoms with Crippen molar-refractivity contribution in [2.45, 2.75) is 13.2 Å². The molecule has 0 atom stereocenters. The molecule has 0 radical (unpaired) electrons. The molecule has 5 nitrogen and oxygen atoms in total. The minimum absolute atomic E-state index is 0.0296. The number of hydrogen-bond acceptors (Lipinski definition) is 3. The molecule has 0 amide bonds. The van der Waals surface area contributed by atoms with Crippen LogP contribution in [0.1, 0.15) is 11.4 Å². The lowest BCUT2D eigenvalue weighted by atomic mass is 10.4. The Kier molecular flexibility index (Phi) is 2.38. The van der Waals surface area contributed by atoms with Crippen LogP contribution in [0.4, 0.5) is 0 Å². The van der Waals surface area contributed by atoms with E-state index in [4.69, 9.17) is 5.11 Å². The van der Waals surface area contributed by atoms with Gasteiger partial charge in [0.2, 0.25) is 0 Å². The van der Waals surface area contributed by atoms with Gasteiger partial charge in [0.1, 0.15) is 5.65 Å². The normalized spacial score (nSPS) is 11.1. The number of hydrogen-bond donors (Lipinski definition) is 1. The molecule has 0 bridgehead atoms. The van der Waals surface area contributed by atoms with Gasteiger partial charge in [-0.15, -0.1) is 0 Å². The highest BCUT2D eigenvalue weighted by atomic mass is 16.3. The smallest absolute Gasteiger partial charge is 0.137 e. The van der Waals surface area contributed by atoms with Crippen LogP contribution in [-0.2, 0) is 13.2 Å². The lowest BCUT2D eigenvalue weighted by Crippen LogP contribution is -1.96. The van der Waals surface area contributed by atoms with E-state index in [9.17, 15) is 0 Å². The Bertz CT molecular complexity index is 608. The fraction of sp³-hybridized carbons (Fsp3) is 0.167. The number of aliphatic hydroxyl groups excluding tert-OH is 1. The molecule has 5 heteroatoms. The van der Waals surface area contributed by atoms with Crippen molar-refractivity contribution in [1.29, 1.82) is 0 Å². The zero-order valence-electron chi connectivity index (χ0n) is 9.19. The Morgan fingerprint density at radius 1 is 1.18 bits per heavy atom. The maximum absolute atomic E-state index is 8.94. The van der Waals surface area contributed by atoms with Crippen molar-refractivity contribution >= 4 is 5.65 Å². The van der Waals surface area contributed by atoms with Crippen LogP contribution in [0, 0.1) is 0 Å². The van der Waals surface area contributed by atoms with Crippen LogP contribution in [0.25, 0.3) is 5.65 Å². The van der Waals surface area contributed by atoms with Gasteiger partial charge in [-0.25, -0.2) is 9.97 Å². The first-order chi connectivity index (χ1) is 8.35. The highest BCUT2D eigenvalue weighted by Gasteiger charge is 2.02. The van der Waals surface area contributed by atoms with Gasteiger partial charge >= 0.3 is 0 Å². The fourth-order valence-corrected chi connectivity index (χ4v) is 1.82. The Labute approximate surface area is 98.0 Å². The SMILES string of the molecule is OCc1cn(Cc2cn3ccccc3n2)cn1. The lowest BCUT2D eigenvalue weighted by molar-refractivity contribution is 0.277. The van der Waals surface area contributed by atoms with Crippen molar-refractivity contribution in [2.24, 2.45) is 0 Å². The summed E-state index contributed by atoms with van der Waals surface area (Å²) in [7, 11) is 0. The quantitative estimate of drug-likeness (QED) is 0.729.